The number of hydrogen-bond acceptors (Lipinski definition) is 6. The molecule has 19 heavy (non-hydrogen) atoms. The van der Waals surface area contributed by atoms with Gasteiger partial charge in [0.05, 0.1) is 13.2 Å². The SMILES string of the molecule is CNCc1nc(CCOC)no1.O=C(O)C(F)(F)F. The van der Waals surface area contributed by atoms with Crippen molar-refractivity contribution in [2.24, 2.45) is 0 Å². The Morgan fingerprint density at radius 3 is 2.53 bits per heavy atom. The third-order valence-corrected chi connectivity index (χ3v) is 1.61. The molecule has 0 bridgehead atoms. The number of hydrogen-bond donors (Lipinski definition) is 2. The molecule has 0 amide bonds. The average molecular weight is 285 g/mol. The molecule has 0 aliphatic heterocycles. The highest BCUT2D eigenvalue weighted by molar-refractivity contribution is 5.73. The maximum atomic E-state index is 10.6. The van der Waals surface area contributed by atoms with Gasteiger partial charge in [0.15, 0.2) is 5.82 Å². The van der Waals surface area contributed by atoms with Gasteiger partial charge in [0.1, 0.15) is 0 Å². The van der Waals surface area contributed by atoms with Crippen molar-refractivity contribution in [1.29, 1.82) is 0 Å². The number of rotatable bonds is 5. The summed E-state index contributed by atoms with van der Waals surface area (Å²) in [7, 11) is 3.48. The van der Waals surface area contributed by atoms with Crippen LogP contribution in [0.25, 0.3) is 0 Å². The molecule has 2 N–H and O–H groups in total. The summed E-state index contributed by atoms with van der Waals surface area (Å²) in [5.41, 5.74) is 0. The number of carboxylic acid groups (broad SMARTS) is 1. The van der Waals surface area contributed by atoms with Crippen LogP contribution in [0.2, 0.25) is 0 Å². The lowest BCUT2D eigenvalue weighted by Gasteiger charge is -1.93. The smallest absolute Gasteiger partial charge is 0.475 e. The minimum atomic E-state index is -5.08. The van der Waals surface area contributed by atoms with E-state index in [0.717, 1.165) is 0 Å². The van der Waals surface area contributed by atoms with Crippen LogP contribution < -0.4 is 5.32 Å². The van der Waals surface area contributed by atoms with Crippen LogP contribution in [0.1, 0.15) is 11.7 Å². The van der Waals surface area contributed by atoms with E-state index in [9.17, 15) is 13.2 Å². The number of nitrogens with one attached hydrogen (secondary N) is 1. The lowest BCUT2D eigenvalue weighted by molar-refractivity contribution is -0.192. The second-order valence-electron chi connectivity index (χ2n) is 3.18. The average Bonchev–Trinajstić information content (AvgIpc) is 2.74. The van der Waals surface area contributed by atoms with Crippen molar-refractivity contribution in [3.63, 3.8) is 0 Å². The van der Waals surface area contributed by atoms with Crippen molar-refractivity contribution in [2.45, 2.75) is 19.1 Å². The van der Waals surface area contributed by atoms with Gasteiger partial charge in [0.2, 0.25) is 5.89 Å². The fraction of sp³-hybridized carbons (Fsp3) is 0.667. The minimum Gasteiger partial charge on any atom is -0.475 e. The summed E-state index contributed by atoms with van der Waals surface area (Å²) in [6.45, 7) is 1.23. The topological polar surface area (TPSA) is 97.5 Å². The van der Waals surface area contributed by atoms with Gasteiger partial charge in [0, 0.05) is 13.5 Å². The molecule has 0 fully saturated rings. The Kier molecular flexibility index (Phi) is 7.68. The summed E-state index contributed by atoms with van der Waals surface area (Å²) < 4.78 is 41.5. The number of aromatic nitrogens is 2. The number of aliphatic carboxylic acids is 1. The molecule has 1 rings (SSSR count). The highest BCUT2D eigenvalue weighted by atomic mass is 19.4. The van der Waals surface area contributed by atoms with Crippen LogP contribution in [0.4, 0.5) is 13.2 Å². The molecule has 0 unspecified atom stereocenters. The molecule has 1 aromatic heterocycles. The van der Waals surface area contributed by atoms with Crippen LogP contribution in [0, 0.1) is 0 Å². The van der Waals surface area contributed by atoms with E-state index in [1.54, 1.807) is 7.11 Å². The highest BCUT2D eigenvalue weighted by Gasteiger charge is 2.38. The molecule has 1 heterocycles. The van der Waals surface area contributed by atoms with E-state index in [1.165, 1.54) is 0 Å². The second-order valence-corrected chi connectivity index (χ2v) is 3.18. The first-order valence-electron chi connectivity index (χ1n) is 5.06. The molecule has 0 spiro atoms. The molecule has 0 aliphatic rings. The Bertz CT molecular complexity index is 381. The second kappa shape index (κ2) is 8.43. The quantitative estimate of drug-likeness (QED) is 0.818. The molecule has 7 nitrogen and oxygen atoms in total. The molecule has 0 saturated carbocycles. The van der Waals surface area contributed by atoms with E-state index in [-0.39, 0.29) is 0 Å². The largest absolute Gasteiger partial charge is 0.490 e. The number of alkyl halides is 3. The van der Waals surface area contributed by atoms with Gasteiger partial charge < -0.3 is 19.7 Å². The fourth-order valence-corrected chi connectivity index (χ4v) is 0.808. The molecule has 0 aromatic carbocycles. The summed E-state index contributed by atoms with van der Waals surface area (Å²) in [5, 5.41) is 13.8. The Labute approximate surface area is 106 Å². The van der Waals surface area contributed by atoms with Crippen LogP contribution in [0.5, 0.6) is 0 Å². The third kappa shape index (κ3) is 8.11. The van der Waals surface area contributed by atoms with Gasteiger partial charge in [0.25, 0.3) is 0 Å². The van der Waals surface area contributed by atoms with Crippen molar-refractivity contribution in [3.8, 4) is 0 Å². The van der Waals surface area contributed by atoms with E-state index in [1.807, 2.05) is 7.05 Å². The summed E-state index contributed by atoms with van der Waals surface area (Å²) in [4.78, 5) is 13.0. The van der Waals surface area contributed by atoms with Crippen molar-refractivity contribution in [2.75, 3.05) is 20.8 Å². The van der Waals surface area contributed by atoms with Gasteiger partial charge in [-0.05, 0) is 7.05 Å². The number of carbonyl (C=O) groups is 1. The van der Waals surface area contributed by atoms with Crippen molar-refractivity contribution >= 4 is 5.97 Å². The molecule has 110 valence electrons. The fourth-order valence-electron chi connectivity index (χ4n) is 0.808. The number of methoxy groups -OCH3 is 1. The van der Waals surface area contributed by atoms with E-state index in [0.29, 0.717) is 31.3 Å². The predicted molar refractivity (Wildman–Crippen MR) is 56.3 cm³/mol. The molecular formula is C9H14F3N3O4. The Hall–Kier alpha value is -1.68. The highest BCUT2D eigenvalue weighted by Crippen LogP contribution is 2.13. The molecule has 10 heteroatoms. The molecule has 1 aromatic rings. The van der Waals surface area contributed by atoms with E-state index in [4.69, 9.17) is 19.2 Å². The first-order chi connectivity index (χ1) is 8.81. The Morgan fingerprint density at radius 1 is 1.53 bits per heavy atom. The summed E-state index contributed by atoms with van der Waals surface area (Å²) in [6.07, 6.45) is -4.39. The van der Waals surface area contributed by atoms with Gasteiger partial charge in [-0.3, -0.25) is 0 Å². The normalized spacial score (nSPS) is 10.8. The van der Waals surface area contributed by atoms with Crippen LogP contribution in [0.3, 0.4) is 0 Å². The van der Waals surface area contributed by atoms with Crippen LogP contribution >= 0.6 is 0 Å². The predicted octanol–water partition coefficient (Wildman–Crippen LogP) is 0.611. The zero-order chi connectivity index (χ0) is 14.9. The molecular weight excluding hydrogens is 271 g/mol. The molecule has 0 radical (unpaired) electrons. The van der Waals surface area contributed by atoms with E-state index in [2.05, 4.69) is 15.5 Å². The molecule has 0 saturated heterocycles. The Balaban J connectivity index is 0.000000399. The van der Waals surface area contributed by atoms with Gasteiger partial charge in [-0.25, -0.2) is 4.79 Å². The monoisotopic (exact) mass is 285 g/mol. The first-order valence-corrected chi connectivity index (χ1v) is 5.06. The van der Waals surface area contributed by atoms with Crippen LogP contribution in [-0.4, -0.2) is 48.2 Å². The van der Waals surface area contributed by atoms with Crippen molar-refractivity contribution in [1.82, 2.24) is 15.5 Å². The van der Waals surface area contributed by atoms with Crippen LogP contribution in [-0.2, 0) is 22.5 Å². The minimum absolute atomic E-state index is 0.611. The number of halogens is 3. The van der Waals surface area contributed by atoms with Gasteiger partial charge in [-0.15, -0.1) is 0 Å². The van der Waals surface area contributed by atoms with Gasteiger partial charge in [-0.1, -0.05) is 5.16 Å². The van der Waals surface area contributed by atoms with Gasteiger partial charge >= 0.3 is 12.1 Å². The van der Waals surface area contributed by atoms with Crippen molar-refractivity contribution < 1.29 is 32.3 Å². The standard InChI is InChI=1S/C7H13N3O2.C2HF3O2/c1-8-5-7-9-6(10-12-7)3-4-11-2;3-2(4,5)1(6)7/h8H,3-5H2,1-2H3;(H,6,7). The summed E-state index contributed by atoms with van der Waals surface area (Å²) >= 11 is 0. The first kappa shape index (κ1) is 17.3. The van der Waals surface area contributed by atoms with E-state index >= 15 is 0 Å². The number of ether oxygens (including phenoxy) is 1. The zero-order valence-corrected chi connectivity index (χ0v) is 10.3. The molecule has 0 aliphatic carbocycles. The summed E-state index contributed by atoms with van der Waals surface area (Å²) in [5.74, 6) is -1.45. The lowest BCUT2D eigenvalue weighted by atomic mass is 10.4. The van der Waals surface area contributed by atoms with Crippen molar-refractivity contribution in [3.05, 3.63) is 11.7 Å². The zero-order valence-electron chi connectivity index (χ0n) is 10.3. The van der Waals surface area contributed by atoms with E-state index < -0.39 is 12.1 Å². The maximum Gasteiger partial charge on any atom is 0.490 e. The maximum absolute atomic E-state index is 10.6. The van der Waals surface area contributed by atoms with Gasteiger partial charge in [-0.2, -0.15) is 18.2 Å². The number of carboxylic acids is 1. The third-order valence-electron chi connectivity index (χ3n) is 1.61. The lowest BCUT2D eigenvalue weighted by Crippen LogP contribution is -2.21. The Morgan fingerprint density at radius 2 is 2.11 bits per heavy atom. The van der Waals surface area contributed by atoms with Crippen LogP contribution in [0.15, 0.2) is 4.52 Å². The number of nitrogens with zero attached hydrogens (tertiary/aromatic N) is 2. The molecule has 0 atom stereocenters. The summed E-state index contributed by atoms with van der Waals surface area (Å²) in [6, 6.07) is 0.